The van der Waals surface area contributed by atoms with E-state index in [-0.39, 0.29) is 6.04 Å². The topological polar surface area (TPSA) is 66.6 Å². The van der Waals surface area contributed by atoms with Crippen molar-refractivity contribution < 1.29 is 8.42 Å². The van der Waals surface area contributed by atoms with Crippen molar-refractivity contribution in [2.45, 2.75) is 12.5 Å². The molecule has 0 bridgehead atoms. The summed E-state index contributed by atoms with van der Waals surface area (Å²) in [6.45, 7) is 1.16. The van der Waals surface area contributed by atoms with E-state index < -0.39 is 10.0 Å². The van der Waals surface area contributed by atoms with Gasteiger partial charge in [-0.2, -0.15) is 0 Å². The highest BCUT2D eigenvalue weighted by Gasteiger charge is 2.30. The zero-order chi connectivity index (χ0) is 13.3. The first-order valence-electron chi connectivity index (χ1n) is 5.91. The third-order valence-electron chi connectivity index (χ3n) is 3.44. The van der Waals surface area contributed by atoms with Gasteiger partial charge in [0, 0.05) is 37.6 Å². The fraction of sp³-hybridized carbons (Fsp3) is 0.500. The van der Waals surface area contributed by atoms with Gasteiger partial charge in [-0.05, 0) is 30.7 Å². The summed E-state index contributed by atoms with van der Waals surface area (Å²) in [5.41, 5.74) is 7.45. The van der Waals surface area contributed by atoms with Gasteiger partial charge in [0.05, 0.1) is 6.26 Å². The molecule has 1 aliphatic rings. The number of hydrogen-bond donors (Lipinski definition) is 1. The maximum absolute atomic E-state index is 11.5. The van der Waals surface area contributed by atoms with Gasteiger partial charge in [-0.15, -0.1) is 0 Å². The number of nitrogen functional groups attached to an aromatic ring is 1. The van der Waals surface area contributed by atoms with E-state index in [9.17, 15) is 8.42 Å². The lowest BCUT2D eigenvalue weighted by Crippen LogP contribution is -2.36. The Hall–Kier alpha value is -1.27. The van der Waals surface area contributed by atoms with Gasteiger partial charge in [-0.25, -0.2) is 12.7 Å². The van der Waals surface area contributed by atoms with Gasteiger partial charge in [0.25, 0.3) is 0 Å². The van der Waals surface area contributed by atoms with Crippen molar-refractivity contribution in [1.82, 2.24) is 4.31 Å². The Morgan fingerprint density at radius 2 is 1.94 bits per heavy atom. The zero-order valence-corrected chi connectivity index (χ0v) is 11.5. The molecule has 100 valence electrons. The molecule has 2 rings (SSSR count). The van der Waals surface area contributed by atoms with Gasteiger partial charge in [-0.3, -0.25) is 0 Å². The number of benzene rings is 1. The van der Waals surface area contributed by atoms with Gasteiger partial charge < -0.3 is 10.6 Å². The molecule has 1 aromatic carbocycles. The number of anilines is 2. The van der Waals surface area contributed by atoms with Crippen LogP contribution in [0.3, 0.4) is 0 Å². The molecule has 0 spiro atoms. The lowest BCUT2D eigenvalue weighted by molar-refractivity contribution is 0.476. The molecule has 1 aromatic rings. The van der Waals surface area contributed by atoms with Crippen LogP contribution in [-0.2, 0) is 10.0 Å². The van der Waals surface area contributed by atoms with E-state index >= 15 is 0 Å². The van der Waals surface area contributed by atoms with Crippen LogP contribution in [-0.4, -0.2) is 45.2 Å². The summed E-state index contributed by atoms with van der Waals surface area (Å²) in [4.78, 5) is 2.12. The fourth-order valence-corrected chi connectivity index (χ4v) is 3.13. The van der Waals surface area contributed by atoms with Gasteiger partial charge in [0.1, 0.15) is 0 Å². The highest BCUT2D eigenvalue weighted by molar-refractivity contribution is 7.88. The van der Waals surface area contributed by atoms with Crippen LogP contribution < -0.4 is 10.6 Å². The van der Waals surface area contributed by atoms with E-state index in [1.807, 2.05) is 31.3 Å². The molecule has 2 N–H and O–H groups in total. The second kappa shape index (κ2) is 4.78. The van der Waals surface area contributed by atoms with Crippen molar-refractivity contribution >= 4 is 21.4 Å². The molecular formula is C12H19N3O2S. The number of sulfonamides is 1. The quantitative estimate of drug-likeness (QED) is 0.822. The molecule has 18 heavy (non-hydrogen) atoms. The van der Waals surface area contributed by atoms with Crippen LogP contribution in [0.2, 0.25) is 0 Å². The first-order valence-corrected chi connectivity index (χ1v) is 7.76. The number of likely N-dealkylation sites (N-methyl/N-ethyl adjacent to an activating group) is 1. The van der Waals surface area contributed by atoms with Gasteiger partial charge in [0.2, 0.25) is 10.0 Å². The van der Waals surface area contributed by atoms with Crippen molar-refractivity contribution in [1.29, 1.82) is 0 Å². The molecule has 1 unspecified atom stereocenters. The minimum Gasteiger partial charge on any atom is -0.399 e. The van der Waals surface area contributed by atoms with Crippen molar-refractivity contribution in [2.24, 2.45) is 0 Å². The third kappa shape index (κ3) is 2.76. The number of rotatable bonds is 3. The van der Waals surface area contributed by atoms with Crippen LogP contribution in [0, 0.1) is 0 Å². The Labute approximate surface area is 108 Å². The van der Waals surface area contributed by atoms with Crippen LogP contribution in [0.1, 0.15) is 6.42 Å². The van der Waals surface area contributed by atoms with Crippen molar-refractivity contribution in [3.8, 4) is 0 Å². The minimum atomic E-state index is -3.07. The second-order valence-electron chi connectivity index (χ2n) is 4.77. The Kier molecular flexibility index (Phi) is 3.49. The number of nitrogens with zero attached hydrogens (tertiary/aromatic N) is 2. The molecule has 0 saturated carbocycles. The summed E-state index contributed by atoms with van der Waals surface area (Å²) in [5.74, 6) is 0. The molecule has 0 radical (unpaired) electrons. The Balaban J connectivity index is 2.08. The second-order valence-corrected chi connectivity index (χ2v) is 6.75. The maximum atomic E-state index is 11.5. The highest BCUT2D eigenvalue weighted by Crippen LogP contribution is 2.23. The van der Waals surface area contributed by atoms with E-state index in [1.54, 1.807) is 0 Å². The van der Waals surface area contributed by atoms with Crippen LogP contribution in [0.5, 0.6) is 0 Å². The van der Waals surface area contributed by atoms with Crippen molar-refractivity contribution in [2.75, 3.05) is 37.0 Å². The molecule has 1 fully saturated rings. The van der Waals surface area contributed by atoms with Gasteiger partial charge >= 0.3 is 0 Å². The normalized spacial score (nSPS) is 21.1. The lowest BCUT2D eigenvalue weighted by atomic mass is 10.2. The van der Waals surface area contributed by atoms with Crippen LogP contribution in [0.25, 0.3) is 0 Å². The molecule has 0 aliphatic carbocycles. The number of nitrogens with two attached hydrogens (primary N) is 1. The van der Waals surface area contributed by atoms with Crippen LogP contribution in [0.15, 0.2) is 24.3 Å². The smallest absolute Gasteiger partial charge is 0.211 e. The lowest BCUT2D eigenvalue weighted by Gasteiger charge is -2.26. The highest BCUT2D eigenvalue weighted by atomic mass is 32.2. The predicted octanol–water partition coefficient (Wildman–Crippen LogP) is 0.739. The average Bonchev–Trinajstić information content (AvgIpc) is 2.78. The summed E-state index contributed by atoms with van der Waals surface area (Å²) < 4.78 is 24.5. The van der Waals surface area contributed by atoms with Gasteiger partial charge in [0.15, 0.2) is 0 Å². The first kappa shape index (κ1) is 13.2. The predicted molar refractivity (Wildman–Crippen MR) is 74.1 cm³/mol. The molecule has 0 aromatic heterocycles. The molecule has 0 amide bonds. The SMILES string of the molecule is CN(c1ccc(N)cc1)C1CCN(S(C)(=O)=O)C1. The molecular weight excluding hydrogens is 250 g/mol. The molecule has 6 heteroatoms. The monoisotopic (exact) mass is 269 g/mol. The zero-order valence-electron chi connectivity index (χ0n) is 10.7. The molecule has 1 aliphatic heterocycles. The third-order valence-corrected chi connectivity index (χ3v) is 4.71. The summed E-state index contributed by atoms with van der Waals surface area (Å²) in [5, 5.41) is 0. The average molecular weight is 269 g/mol. The number of hydrogen-bond acceptors (Lipinski definition) is 4. The van der Waals surface area contributed by atoms with E-state index in [1.165, 1.54) is 10.6 Å². The Bertz CT molecular complexity index is 513. The molecule has 1 saturated heterocycles. The van der Waals surface area contributed by atoms with E-state index in [4.69, 9.17) is 5.73 Å². The van der Waals surface area contributed by atoms with E-state index in [2.05, 4.69) is 4.90 Å². The summed E-state index contributed by atoms with van der Waals surface area (Å²) in [7, 11) is -1.08. The van der Waals surface area contributed by atoms with E-state index in [0.717, 1.165) is 17.8 Å². The van der Waals surface area contributed by atoms with Crippen LogP contribution in [0.4, 0.5) is 11.4 Å². The molecule has 1 atom stereocenters. The van der Waals surface area contributed by atoms with Crippen LogP contribution >= 0.6 is 0 Å². The fourth-order valence-electron chi connectivity index (χ4n) is 2.25. The summed E-state index contributed by atoms with van der Waals surface area (Å²) in [6, 6.07) is 7.85. The maximum Gasteiger partial charge on any atom is 0.211 e. The minimum absolute atomic E-state index is 0.225. The first-order chi connectivity index (χ1) is 8.38. The van der Waals surface area contributed by atoms with Crippen molar-refractivity contribution in [3.05, 3.63) is 24.3 Å². The Morgan fingerprint density at radius 3 is 2.44 bits per heavy atom. The molecule has 5 nitrogen and oxygen atoms in total. The van der Waals surface area contributed by atoms with E-state index in [0.29, 0.717) is 13.1 Å². The largest absolute Gasteiger partial charge is 0.399 e. The Morgan fingerprint density at radius 1 is 1.33 bits per heavy atom. The standard InChI is InChI=1S/C12H19N3O2S/c1-14(11-5-3-10(13)4-6-11)12-7-8-15(9-12)18(2,16)17/h3-6,12H,7-9,13H2,1-2H3. The van der Waals surface area contributed by atoms with Crippen molar-refractivity contribution in [3.63, 3.8) is 0 Å². The van der Waals surface area contributed by atoms with Gasteiger partial charge in [-0.1, -0.05) is 0 Å². The molecule has 1 heterocycles. The summed E-state index contributed by atoms with van der Waals surface area (Å²) >= 11 is 0. The summed E-state index contributed by atoms with van der Waals surface area (Å²) in [6.07, 6.45) is 2.12.